The molecule has 2 amide bonds. The van der Waals surface area contributed by atoms with Crippen LogP contribution in [0.1, 0.15) is 67.6 Å². The molecule has 0 bridgehead atoms. The Balaban J connectivity index is 1.28. The van der Waals surface area contributed by atoms with Crippen LogP contribution in [-0.4, -0.2) is 48.4 Å². The summed E-state index contributed by atoms with van der Waals surface area (Å²) < 4.78 is 10.4. The van der Waals surface area contributed by atoms with Gasteiger partial charge in [0.2, 0.25) is 11.8 Å². The number of methoxy groups -OCH3 is 1. The normalized spacial score (nSPS) is 22.5. The molecule has 2 aromatic rings. The summed E-state index contributed by atoms with van der Waals surface area (Å²) in [5, 5.41) is 9.12. The molecule has 1 N–H and O–H groups in total. The van der Waals surface area contributed by atoms with Gasteiger partial charge in [-0.05, 0) is 61.3 Å². The van der Waals surface area contributed by atoms with Crippen LogP contribution in [0.2, 0.25) is 0 Å². The first-order chi connectivity index (χ1) is 18.5. The Morgan fingerprint density at radius 2 is 1.79 bits per heavy atom. The fraction of sp³-hybridized carbons (Fsp3) is 0.467. The van der Waals surface area contributed by atoms with Gasteiger partial charge >= 0.3 is 5.97 Å². The summed E-state index contributed by atoms with van der Waals surface area (Å²) in [5.41, 5.74) is 2.75. The number of rotatable bonds is 8. The third-order valence-electron chi connectivity index (χ3n) is 7.99. The monoisotopic (exact) mass is 517 g/mol. The highest BCUT2D eigenvalue weighted by atomic mass is 16.5. The molecule has 200 valence electrons. The van der Waals surface area contributed by atoms with Crippen molar-refractivity contribution in [3.05, 3.63) is 71.3 Å². The lowest BCUT2D eigenvalue weighted by atomic mass is 9.83. The Morgan fingerprint density at radius 3 is 2.50 bits per heavy atom. The van der Waals surface area contributed by atoms with Crippen LogP contribution in [0.15, 0.2) is 59.7 Å². The molecule has 8 nitrogen and oxygen atoms in total. The van der Waals surface area contributed by atoms with Gasteiger partial charge in [0, 0.05) is 11.6 Å². The van der Waals surface area contributed by atoms with Gasteiger partial charge in [0.15, 0.2) is 6.61 Å². The van der Waals surface area contributed by atoms with Crippen LogP contribution in [0.3, 0.4) is 0 Å². The standard InChI is InChI=1S/C30H35N3O5/c1-37-30(36)24-15-16-25(17-24)31-28(35)27(21-7-5-6-8-21)22-13-11-20(12-14-22)18-33-26(34)19-38-29(32-33)23-9-3-2-4-10-23/h2-4,9-14,21,24-25,27H,5-8,15-19H2,1H3,(H,31,35)/t24-,25-,27?/m0/s1. The average Bonchev–Trinajstić information content (AvgIpc) is 3.64. The van der Waals surface area contributed by atoms with Gasteiger partial charge in [0.25, 0.3) is 5.91 Å². The summed E-state index contributed by atoms with van der Waals surface area (Å²) in [7, 11) is 1.41. The molecule has 0 radical (unpaired) electrons. The third kappa shape index (κ3) is 5.90. The number of carbonyl (C=O) groups excluding carboxylic acids is 3. The van der Waals surface area contributed by atoms with E-state index in [9.17, 15) is 14.4 Å². The lowest BCUT2D eigenvalue weighted by Crippen LogP contribution is -2.39. The van der Waals surface area contributed by atoms with Crippen LogP contribution in [0.25, 0.3) is 0 Å². The lowest BCUT2D eigenvalue weighted by Gasteiger charge is -2.26. The van der Waals surface area contributed by atoms with E-state index in [4.69, 9.17) is 9.47 Å². The van der Waals surface area contributed by atoms with Gasteiger partial charge in [-0.15, -0.1) is 5.10 Å². The Morgan fingerprint density at radius 1 is 1.05 bits per heavy atom. The van der Waals surface area contributed by atoms with Crippen molar-refractivity contribution in [3.63, 3.8) is 0 Å². The van der Waals surface area contributed by atoms with E-state index in [2.05, 4.69) is 10.4 Å². The second-order valence-electron chi connectivity index (χ2n) is 10.5. The minimum Gasteiger partial charge on any atom is -0.469 e. The molecule has 0 aromatic heterocycles. The van der Waals surface area contributed by atoms with E-state index in [0.717, 1.165) is 55.2 Å². The predicted molar refractivity (Wildman–Crippen MR) is 142 cm³/mol. The predicted octanol–water partition coefficient (Wildman–Crippen LogP) is 4.14. The Kier molecular flexibility index (Phi) is 8.05. The summed E-state index contributed by atoms with van der Waals surface area (Å²) >= 11 is 0. The second kappa shape index (κ2) is 11.8. The van der Waals surface area contributed by atoms with Gasteiger partial charge in [0.1, 0.15) is 0 Å². The summed E-state index contributed by atoms with van der Waals surface area (Å²) in [6.45, 7) is 0.282. The van der Waals surface area contributed by atoms with Crippen molar-refractivity contribution in [1.29, 1.82) is 0 Å². The van der Waals surface area contributed by atoms with Crippen LogP contribution in [0.5, 0.6) is 0 Å². The number of benzene rings is 2. The Hall–Kier alpha value is -3.68. The van der Waals surface area contributed by atoms with Crippen molar-refractivity contribution >= 4 is 23.7 Å². The topological polar surface area (TPSA) is 97.3 Å². The average molecular weight is 518 g/mol. The van der Waals surface area contributed by atoms with Crippen LogP contribution in [0.4, 0.5) is 0 Å². The molecule has 3 aliphatic rings. The van der Waals surface area contributed by atoms with Gasteiger partial charge in [0.05, 0.1) is 25.5 Å². The maximum atomic E-state index is 13.5. The summed E-state index contributed by atoms with van der Waals surface area (Å²) in [6, 6.07) is 17.5. The number of hydrogen-bond donors (Lipinski definition) is 1. The number of esters is 1. The molecule has 5 rings (SSSR count). The van der Waals surface area contributed by atoms with E-state index in [1.165, 1.54) is 12.1 Å². The molecule has 2 aliphatic carbocycles. The molecule has 2 fully saturated rings. The van der Waals surface area contributed by atoms with Crippen LogP contribution < -0.4 is 5.32 Å². The van der Waals surface area contributed by atoms with Crippen molar-refractivity contribution < 1.29 is 23.9 Å². The number of nitrogens with one attached hydrogen (secondary N) is 1. The number of carbonyl (C=O) groups is 3. The molecular weight excluding hydrogens is 482 g/mol. The minimum absolute atomic E-state index is 0.00113. The summed E-state index contributed by atoms with van der Waals surface area (Å²) in [6.07, 6.45) is 6.52. The fourth-order valence-electron chi connectivity index (χ4n) is 5.96. The number of ether oxygens (including phenoxy) is 2. The number of hydrogen-bond acceptors (Lipinski definition) is 6. The fourth-order valence-corrected chi connectivity index (χ4v) is 5.96. The van der Waals surface area contributed by atoms with E-state index < -0.39 is 0 Å². The zero-order chi connectivity index (χ0) is 26.5. The van der Waals surface area contributed by atoms with E-state index in [1.807, 2.05) is 54.6 Å². The minimum atomic E-state index is -0.226. The molecule has 38 heavy (non-hydrogen) atoms. The number of amides is 2. The van der Waals surface area contributed by atoms with E-state index >= 15 is 0 Å². The van der Waals surface area contributed by atoms with Crippen molar-refractivity contribution in [2.24, 2.45) is 16.9 Å². The zero-order valence-corrected chi connectivity index (χ0v) is 21.8. The first kappa shape index (κ1) is 25.9. The van der Waals surface area contributed by atoms with Gasteiger partial charge in [-0.2, -0.15) is 0 Å². The molecular formula is C30H35N3O5. The summed E-state index contributed by atoms with van der Waals surface area (Å²) in [4.78, 5) is 37.9. The molecule has 8 heteroatoms. The second-order valence-corrected chi connectivity index (χ2v) is 10.5. The molecule has 0 spiro atoms. The maximum Gasteiger partial charge on any atom is 0.308 e. The van der Waals surface area contributed by atoms with E-state index in [0.29, 0.717) is 24.8 Å². The van der Waals surface area contributed by atoms with Gasteiger partial charge in [-0.3, -0.25) is 14.4 Å². The molecule has 1 aliphatic heterocycles. The van der Waals surface area contributed by atoms with Gasteiger partial charge in [-0.25, -0.2) is 5.01 Å². The van der Waals surface area contributed by atoms with Gasteiger partial charge in [-0.1, -0.05) is 55.3 Å². The smallest absolute Gasteiger partial charge is 0.308 e. The van der Waals surface area contributed by atoms with Crippen LogP contribution in [0, 0.1) is 11.8 Å². The zero-order valence-electron chi connectivity index (χ0n) is 21.8. The summed E-state index contributed by atoms with van der Waals surface area (Å²) in [5.74, 6) is 0.0284. The van der Waals surface area contributed by atoms with Crippen molar-refractivity contribution in [2.45, 2.75) is 63.5 Å². The Labute approximate surface area is 223 Å². The number of nitrogens with zero attached hydrogens (tertiary/aromatic N) is 2. The SMILES string of the molecule is COC(=O)[C@H]1CC[C@H](NC(=O)C(c2ccc(CN3N=C(c4ccccc4)OCC3=O)cc2)C2CCCC2)C1. The van der Waals surface area contributed by atoms with Gasteiger partial charge < -0.3 is 14.8 Å². The maximum absolute atomic E-state index is 13.5. The molecule has 2 aromatic carbocycles. The molecule has 1 heterocycles. The van der Waals surface area contributed by atoms with Crippen molar-refractivity contribution in [1.82, 2.24) is 10.3 Å². The highest BCUT2D eigenvalue weighted by Crippen LogP contribution is 2.38. The van der Waals surface area contributed by atoms with E-state index in [-0.39, 0.29) is 42.3 Å². The quantitative estimate of drug-likeness (QED) is 0.531. The third-order valence-corrected chi connectivity index (χ3v) is 7.99. The first-order valence-corrected chi connectivity index (χ1v) is 13.6. The van der Waals surface area contributed by atoms with Crippen molar-refractivity contribution in [3.8, 4) is 0 Å². The number of hydrazone groups is 1. The van der Waals surface area contributed by atoms with E-state index in [1.54, 1.807) is 0 Å². The van der Waals surface area contributed by atoms with Crippen molar-refractivity contribution in [2.75, 3.05) is 13.7 Å². The highest BCUT2D eigenvalue weighted by Gasteiger charge is 2.36. The highest BCUT2D eigenvalue weighted by molar-refractivity contribution is 5.97. The molecule has 1 unspecified atom stereocenters. The lowest BCUT2D eigenvalue weighted by molar-refractivity contribution is -0.145. The van der Waals surface area contributed by atoms with Crippen LogP contribution in [-0.2, 0) is 30.4 Å². The first-order valence-electron chi connectivity index (χ1n) is 13.6. The van der Waals surface area contributed by atoms with Crippen LogP contribution >= 0.6 is 0 Å². The molecule has 0 saturated heterocycles. The Bertz CT molecular complexity index is 1170. The largest absolute Gasteiger partial charge is 0.469 e. The molecule has 3 atom stereocenters. The molecule has 2 saturated carbocycles.